The van der Waals surface area contributed by atoms with Crippen molar-refractivity contribution in [1.29, 1.82) is 0 Å². The molecule has 0 aromatic carbocycles. The average molecular weight is 281 g/mol. The van der Waals surface area contributed by atoms with Crippen LogP contribution in [0.5, 0.6) is 0 Å². The molecule has 0 heterocycles. The van der Waals surface area contributed by atoms with Crippen LogP contribution in [0, 0.1) is 0 Å². The van der Waals surface area contributed by atoms with Crippen molar-refractivity contribution in [3.63, 3.8) is 0 Å². The van der Waals surface area contributed by atoms with Crippen LogP contribution in [0.15, 0.2) is 0 Å². The topological polar surface area (TPSA) is 81.4 Å². The molecule has 1 amide bonds. The van der Waals surface area contributed by atoms with Gasteiger partial charge in [0, 0.05) is 13.0 Å². The SMILES string of the molecule is COC(=O)CCCCCCCNC(=O)[C@H](C)N.Cl. The first-order valence-electron chi connectivity index (χ1n) is 6.18. The Labute approximate surface area is 115 Å². The second kappa shape index (κ2) is 12.6. The number of nitrogens with one attached hydrogen (secondary N) is 1. The van der Waals surface area contributed by atoms with Gasteiger partial charge in [-0.05, 0) is 19.8 Å². The summed E-state index contributed by atoms with van der Waals surface area (Å²) in [6.45, 7) is 2.35. The van der Waals surface area contributed by atoms with E-state index in [9.17, 15) is 9.59 Å². The standard InChI is InChI=1S/C12H24N2O3.ClH/c1-10(13)12(16)14-9-7-5-3-4-6-8-11(15)17-2;/h10H,3-9,13H2,1-2H3,(H,14,16);1H/t10-;/m0./s1. The van der Waals surface area contributed by atoms with E-state index in [-0.39, 0.29) is 24.3 Å². The van der Waals surface area contributed by atoms with Gasteiger partial charge in [0.1, 0.15) is 0 Å². The predicted molar refractivity (Wildman–Crippen MR) is 73.6 cm³/mol. The maximum Gasteiger partial charge on any atom is 0.305 e. The lowest BCUT2D eigenvalue weighted by Crippen LogP contribution is -2.38. The van der Waals surface area contributed by atoms with E-state index in [1.807, 2.05) is 0 Å². The van der Waals surface area contributed by atoms with Gasteiger partial charge in [0.05, 0.1) is 13.2 Å². The number of hydrogen-bond acceptors (Lipinski definition) is 4. The lowest BCUT2D eigenvalue weighted by molar-refractivity contribution is -0.140. The minimum atomic E-state index is -0.435. The molecular weight excluding hydrogens is 256 g/mol. The van der Waals surface area contributed by atoms with Crippen molar-refractivity contribution in [3.05, 3.63) is 0 Å². The van der Waals surface area contributed by atoms with Crippen LogP contribution in [0.4, 0.5) is 0 Å². The highest BCUT2D eigenvalue weighted by Gasteiger charge is 2.04. The van der Waals surface area contributed by atoms with Gasteiger partial charge in [-0.2, -0.15) is 0 Å². The quantitative estimate of drug-likeness (QED) is 0.494. The van der Waals surface area contributed by atoms with Crippen molar-refractivity contribution in [2.75, 3.05) is 13.7 Å². The highest BCUT2D eigenvalue weighted by Crippen LogP contribution is 2.05. The summed E-state index contributed by atoms with van der Waals surface area (Å²) in [6.07, 6.45) is 5.48. The molecule has 6 heteroatoms. The van der Waals surface area contributed by atoms with E-state index >= 15 is 0 Å². The molecule has 1 atom stereocenters. The van der Waals surface area contributed by atoms with Crippen LogP contribution in [-0.4, -0.2) is 31.6 Å². The number of nitrogens with two attached hydrogens (primary N) is 1. The Kier molecular flexibility index (Phi) is 13.7. The molecule has 0 saturated heterocycles. The molecule has 0 aliphatic rings. The number of carbonyl (C=O) groups is 2. The summed E-state index contributed by atoms with van der Waals surface area (Å²) < 4.78 is 4.55. The summed E-state index contributed by atoms with van der Waals surface area (Å²) in [6, 6.07) is -0.435. The fourth-order valence-electron chi connectivity index (χ4n) is 1.40. The van der Waals surface area contributed by atoms with Crippen LogP contribution in [0.25, 0.3) is 0 Å². The van der Waals surface area contributed by atoms with Crippen molar-refractivity contribution in [2.24, 2.45) is 5.73 Å². The summed E-state index contributed by atoms with van der Waals surface area (Å²) >= 11 is 0. The number of ether oxygens (including phenoxy) is 1. The van der Waals surface area contributed by atoms with Crippen LogP contribution in [0.1, 0.15) is 45.4 Å². The van der Waals surface area contributed by atoms with Crippen LogP contribution < -0.4 is 11.1 Å². The molecule has 0 aliphatic carbocycles. The van der Waals surface area contributed by atoms with Crippen molar-refractivity contribution in [2.45, 2.75) is 51.5 Å². The zero-order chi connectivity index (χ0) is 13.1. The monoisotopic (exact) mass is 280 g/mol. The van der Waals surface area contributed by atoms with Gasteiger partial charge in [-0.1, -0.05) is 19.3 Å². The van der Waals surface area contributed by atoms with Gasteiger partial charge < -0.3 is 15.8 Å². The fourth-order valence-corrected chi connectivity index (χ4v) is 1.40. The first-order valence-corrected chi connectivity index (χ1v) is 6.18. The average Bonchev–Trinajstić information content (AvgIpc) is 2.31. The fraction of sp³-hybridized carbons (Fsp3) is 0.833. The van der Waals surface area contributed by atoms with Gasteiger partial charge in [0.15, 0.2) is 0 Å². The van der Waals surface area contributed by atoms with E-state index in [2.05, 4.69) is 10.1 Å². The Morgan fingerprint density at radius 1 is 1.17 bits per heavy atom. The Bertz CT molecular complexity index is 235. The molecule has 0 spiro atoms. The first kappa shape index (κ1) is 19.5. The third-order valence-electron chi connectivity index (χ3n) is 2.50. The van der Waals surface area contributed by atoms with E-state index in [0.29, 0.717) is 13.0 Å². The van der Waals surface area contributed by atoms with Gasteiger partial charge in [-0.15, -0.1) is 12.4 Å². The number of methoxy groups -OCH3 is 1. The summed E-state index contributed by atoms with van der Waals surface area (Å²) in [5, 5.41) is 2.76. The minimum absolute atomic E-state index is 0. The van der Waals surface area contributed by atoms with Crippen molar-refractivity contribution in [1.82, 2.24) is 5.32 Å². The molecule has 5 nitrogen and oxygen atoms in total. The van der Waals surface area contributed by atoms with E-state index < -0.39 is 6.04 Å². The number of amides is 1. The van der Waals surface area contributed by atoms with Crippen LogP contribution in [0.3, 0.4) is 0 Å². The van der Waals surface area contributed by atoms with Gasteiger partial charge >= 0.3 is 5.97 Å². The zero-order valence-corrected chi connectivity index (χ0v) is 12.1. The number of carbonyl (C=O) groups excluding carboxylic acids is 2. The molecule has 0 bridgehead atoms. The summed E-state index contributed by atoms with van der Waals surface area (Å²) in [7, 11) is 1.41. The summed E-state index contributed by atoms with van der Waals surface area (Å²) in [4.78, 5) is 21.9. The zero-order valence-electron chi connectivity index (χ0n) is 11.2. The van der Waals surface area contributed by atoms with Gasteiger partial charge in [0.2, 0.25) is 5.91 Å². The minimum Gasteiger partial charge on any atom is -0.469 e. The second-order valence-corrected chi connectivity index (χ2v) is 4.17. The van der Waals surface area contributed by atoms with E-state index in [1.54, 1.807) is 6.92 Å². The van der Waals surface area contributed by atoms with Gasteiger partial charge in [-0.3, -0.25) is 9.59 Å². The summed E-state index contributed by atoms with van der Waals surface area (Å²) in [5.74, 6) is -0.245. The van der Waals surface area contributed by atoms with Crippen molar-refractivity contribution < 1.29 is 14.3 Å². The van der Waals surface area contributed by atoms with E-state index in [0.717, 1.165) is 32.1 Å². The molecule has 0 unspecified atom stereocenters. The number of halogens is 1. The van der Waals surface area contributed by atoms with Gasteiger partial charge in [-0.25, -0.2) is 0 Å². The Balaban J connectivity index is 0. The van der Waals surface area contributed by atoms with Crippen LogP contribution in [-0.2, 0) is 14.3 Å². The highest BCUT2D eigenvalue weighted by molar-refractivity contribution is 5.85. The molecule has 0 aromatic heterocycles. The molecule has 0 saturated carbocycles. The Morgan fingerprint density at radius 2 is 1.72 bits per heavy atom. The van der Waals surface area contributed by atoms with E-state index in [4.69, 9.17) is 5.73 Å². The number of esters is 1. The predicted octanol–water partition coefficient (Wildman–Crippen LogP) is 1.39. The largest absolute Gasteiger partial charge is 0.469 e. The van der Waals surface area contributed by atoms with Crippen LogP contribution in [0.2, 0.25) is 0 Å². The smallest absolute Gasteiger partial charge is 0.305 e. The highest BCUT2D eigenvalue weighted by atomic mass is 35.5. The van der Waals surface area contributed by atoms with Gasteiger partial charge in [0.25, 0.3) is 0 Å². The van der Waals surface area contributed by atoms with Crippen LogP contribution >= 0.6 is 12.4 Å². The molecular formula is C12H25ClN2O3. The molecule has 0 aliphatic heterocycles. The molecule has 0 fully saturated rings. The number of unbranched alkanes of at least 4 members (excludes halogenated alkanes) is 4. The van der Waals surface area contributed by atoms with E-state index in [1.165, 1.54) is 7.11 Å². The third-order valence-corrected chi connectivity index (χ3v) is 2.50. The number of rotatable bonds is 9. The molecule has 0 rings (SSSR count). The van der Waals surface area contributed by atoms with Crippen molar-refractivity contribution >= 4 is 24.3 Å². The third kappa shape index (κ3) is 11.7. The number of hydrogen-bond donors (Lipinski definition) is 2. The van der Waals surface area contributed by atoms with Crippen molar-refractivity contribution in [3.8, 4) is 0 Å². The molecule has 18 heavy (non-hydrogen) atoms. The molecule has 0 radical (unpaired) electrons. The Morgan fingerprint density at radius 3 is 2.28 bits per heavy atom. The maximum atomic E-state index is 11.1. The summed E-state index contributed by atoms with van der Waals surface area (Å²) in [5.41, 5.74) is 5.40. The maximum absolute atomic E-state index is 11.1. The molecule has 3 N–H and O–H groups in total. The second-order valence-electron chi connectivity index (χ2n) is 4.17. The first-order chi connectivity index (χ1) is 8.07. The lowest BCUT2D eigenvalue weighted by Gasteiger charge is -2.07. The molecule has 0 aromatic rings. The lowest BCUT2D eigenvalue weighted by atomic mass is 10.1. The normalized spacial score (nSPS) is 11.3. The molecule has 108 valence electrons. The Hall–Kier alpha value is -0.810.